The number of nitrogens with one attached hydrogen (secondary N) is 2. The Morgan fingerprint density at radius 1 is 1.04 bits per heavy atom. The molecular formula is C19H24N2O3. The van der Waals surface area contributed by atoms with E-state index in [0.717, 1.165) is 12.8 Å². The molecule has 0 fully saturated rings. The number of carbonyl (C=O) groups is 2. The van der Waals surface area contributed by atoms with Gasteiger partial charge in [0.25, 0.3) is 5.91 Å². The van der Waals surface area contributed by atoms with Crippen molar-refractivity contribution < 1.29 is 14.7 Å². The molecule has 128 valence electrons. The molecule has 0 radical (unpaired) electrons. The molecule has 0 bridgehead atoms. The summed E-state index contributed by atoms with van der Waals surface area (Å²) in [4.78, 5) is 27.3. The zero-order valence-corrected chi connectivity index (χ0v) is 14.1. The van der Waals surface area contributed by atoms with Crippen molar-refractivity contribution in [3.63, 3.8) is 0 Å². The molecule has 0 saturated carbocycles. The zero-order valence-electron chi connectivity index (χ0n) is 14.1. The fourth-order valence-corrected chi connectivity index (χ4v) is 2.55. The maximum absolute atomic E-state index is 12.3. The van der Waals surface area contributed by atoms with Gasteiger partial charge >= 0.3 is 0 Å². The lowest BCUT2D eigenvalue weighted by atomic mass is 9.83. The van der Waals surface area contributed by atoms with Crippen molar-refractivity contribution in [1.82, 2.24) is 10.3 Å². The lowest BCUT2D eigenvalue weighted by Crippen LogP contribution is -2.39. The van der Waals surface area contributed by atoms with E-state index >= 15 is 0 Å². The molecule has 24 heavy (non-hydrogen) atoms. The minimum absolute atomic E-state index is 0.0460. The number of aliphatic hydroxyl groups excluding tert-OH is 1. The van der Waals surface area contributed by atoms with Gasteiger partial charge in [-0.3, -0.25) is 9.59 Å². The molecule has 3 N–H and O–H groups in total. The SMILES string of the molecule is CCC(CC)(CO)CNC(=O)c1ccc(C(=O)c2cc[nH]c2)cc1. The second-order valence-corrected chi connectivity index (χ2v) is 6.05. The molecule has 0 spiro atoms. The number of H-pyrrole nitrogens is 1. The molecule has 1 heterocycles. The fourth-order valence-electron chi connectivity index (χ4n) is 2.55. The van der Waals surface area contributed by atoms with Crippen molar-refractivity contribution in [2.24, 2.45) is 5.41 Å². The number of ketones is 1. The second-order valence-electron chi connectivity index (χ2n) is 6.05. The van der Waals surface area contributed by atoms with Crippen molar-refractivity contribution in [2.45, 2.75) is 26.7 Å². The molecule has 0 aliphatic rings. The first-order valence-electron chi connectivity index (χ1n) is 8.22. The molecule has 2 aromatic rings. The van der Waals surface area contributed by atoms with Crippen LogP contribution in [0.4, 0.5) is 0 Å². The Balaban J connectivity index is 2.02. The number of hydrogen-bond donors (Lipinski definition) is 3. The molecule has 5 nitrogen and oxygen atoms in total. The summed E-state index contributed by atoms with van der Waals surface area (Å²) in [7, 11) is 0. The van der Waals surface area contributed by atoms with E-state index < -0.39 is 0 Å². The van der Waals surface area contributed by atoms with Crippen LogP contribution in [-0.4, -0.2) is 34.9 Å². The summed E-state index contributed by atoms with van der Waals surface area (Å²) in [5, 5.41) is 12.4. The van der Waals surface area contributed by atoms with Gasteiger partial charge in [0.15, 0.2) is 5.78 Å². The summed E-state index contributed by atoms with van der Waals surface area (Å²) < 4.78 is 0. The lowest BCUT2D eigenvalue weighted by Gasteiger charge is -2.29. The minimum Gasteiger partial charge on any atom is -0.396 e. The van der Waals surface area contributed by atoms with Gasteiger partial charge in [0.2, 0.25) is 0 Å². The van der Waals surface area contributed by atoms with Crippen LogP contribution in [0.25, 0.3) is 0 Å². The third kappa shape index (κ3) is 3.92. The summed E-state index contributed by atoms with van der Waals surface area (Å²) in [6, 6.07) is 8.32. The van der Waals surface area contributed by atoms with Crippen LogP contribution in [0.3, 0.4) is 0 Å². The van der Waals surface area contributed by atoms with E-state index in [-0.39, 0.29) is 23.7 Å². The Bertz CT molecular complexity index is 663. The molecule has 1 amide bonds. The maximum Gasteiger partial charge on any atom is 0.251 e. The summed E-state index contributed by atoms with van der Waals surface area (Å²) in [5.41, 5.74) is 1.35. The van der Waals surface area contributed by atoms with Crippen LogP contribution in [0.15, 0.2) is 42.7 Å². The van der Waals surface area contributed by atoms with Crippen molar-refractivity contribution in [1.29, 1.82) is 0 Å². The molecule has 1 aromatic heterocycles. The molecule has 5 heteroatoms. The maximum atomic E-state index is 12.3. The predicted octanol–water partition coefficient (Wildman–Crippen LogP) is 2.77. The van der Waals surface area contributed by atoms with E-state index in [4.69, 9.17) is 0 Å². The summed E-state index contributed by atoms with van der Waals surface area (Å²) >= 11 is 0. The summed E-state index contributed by atoms with van der Waals surface area (Å²) in [6.45, 7) is 4.49. The number of benzene rings is 1. The number of amides is 1. The Morgan fingerprint density at radius 3 is 2.17 bits per heavy atom. The first-order chi connectivity index (χ1) is 11.5. The van der Waals surface area contributed by atoms with Crippen molar-refractivity contribution >= 4 is 11.7 Å². The third-order valence-corrected chi connectivity index (χ3v) is 4.73. The van der Waals surface area contributed by atoms with Crippen molar-refractivity contribution in [3.05, 3.63) is 59.4 Å². The molecule has 0 saturated heterocycles. The van der Waals surface area contributed by atoms with E-state index in [2.05, 4.69) is 10.3 Å². The first-order valence-corrected chi connectivity index (χ1v) is 8.22. The number of carbonyl (C=O) groups excluding carboxylic acids is 2. The topological polar surface area (TPSA) is 82.2 Å². The van der Waals surface area contributed by atoms with Gasteiger partial charge in [-0.1, -0.05) is 26.0 Å². The highest BCUT2D eigenvalue weighted by Gasteiger charge is 2.26. The van der Waals surface area contributed by atoms with Crippen LogP contribution < -0.4 is 5.32 Å². The van der Waals surface area contributed by atoms with Crippen LogP contribution in [0.1, 0.15) is 53.0 Å². The Hall–Kier alpha value is -2.40. The van der Waals surface area contributed by atoms with Crippen LogP contribution >= 0.6 is 0 Å². The van der Waals surface area contributed by atoms with Gasteiger partial charge in [-0.2, -0.15) is 0 Å². The van der Waals surface area contributed by atoms with Crippen LogP contribution in [-0.2, 0) is 0 Å². The number of aliphatic hydroxyl groups is 1. The fraction of sp³-hybridized carbons (Fsp3) is 0.368. The van der Waals surface area contributed by atoms with Crippen LogP contribution in [0.2, 0.25) is 0 Å². The standard InChI is InChI=1S/C19H24N2O3/c1-3-19(4-2,13-22)12-21-18(24)15-7-5-14(6-8-15)17(23)16-9-10-20-11-16/h5-11,20,22H,3-4,12-13H2,1-2H3,(H,21,24). The summed E-state index contributed by atoms with van der Waals surface area (Å²) in [6.07, 6.45) is 4.94. The smallest absolute Gasteiger partial charge is 0.251 e. The number of hydrogen-bond acceptors (Lipinski definition) is 3. The molecule has 0 atom stereocenters. The predicted molar refractivity (Wildman–Crippen MR) is 93.1 cm³/mol. The van der Waals surface area contributed by atoms with Gasteiger partial charge < -0.3 is 15.4 Å². The Morgan fingerprint density at radius 2 is 1.67 bits per heavy atom. The van der Waals surface area contributed by atoms with E-state index in [1.807, 2.05) is 13.8 Å². The van der Waals surface area contributed by atoms with E-state index in [1.165, 1.54) is 0 Å². The first kappa shape index (κ1) is 17.9. The lowest BCUT2D eigenvalue weighted by molar-refractivity contribution is 0.0850. The van der Waals surface area contributed by atoms with Crippen molar-refractivity contribution in [2.75, 3.05) is 13.2 Å². The van der Waals surface area contributed by atoms with E-state index in [1.54, 1.807) is 42.7 Å². The highest BCUT2D eigenvalue weighted by atomic mass is 16.3. The van der Waals surface area contributed by atoms with Gasteiger partial charge in [-0.25, -0.2) is 0 Å². The monoisotopic (exact) mass is 328 g/mol. The molecule has 0 aliphatic heterocycles. The van der Waals surface area contributed by atoms with E-state index in [0.29, 0.717) is 23.2 Å². The number of aromatic nitrogens is 1. The molecule has 0 aliphatic carbocycles. The van der Waals surface area contributed by atoms with E-state index in [9.17, 15) is 14.7 Å². The minimum atomic E-state index is -0.278. The quantitative estimate of drug-likeness (QED) is 0.652. The second kappa shape index (κ2) is 7.93. The van der Waals surface area contributed by atoms with Gasteiger partial charge in [0, 0.05) is 41.0 Å². The normalized spacial score (nSPS) is 11.3. The highest BCUT2D eigenvalue weighted by molar-refractivity contribution is 6.09. The number of aromatic amines is 1. The average Bonchev–Trinajstić information content (AvgIpc) is 3.17. The largest absolute Gasteiger partial charge is 0.396 e. The molecule has 0 unspecified atom stereocenters. The zero-order chi connectivity index (χ0) is 17.6. The van der Waals surface area contributed by atoms with Gasteiger partial charge in [0.1, 0.15) is 0 Å². The molecule has 1 aromatic carbocycles. The third-order valence-electron chi connectivity index (χ3n) is 4.73. The Labute approximate surface area is 142 Å². The van der Waals surface area contributed by atoms with Crippen LogP contribution in [0, 0.1) is 5.41 Å². The Kier molecular flexibility index (Phi) is 5.93. The molecule has 2 rings (SSSR count). The average molecular weight is 328 g/mol. The summed E-state index contributed by atoms with van der Waals surface area (Å²) in [5.74, 6) is -0.283. The molecular weight excluding hydrogens is 304 g/mol. The van der Waals surface area contributed by atoms with Gasteiger partial charge in [-0.05, 0) is 31.0 Å². The highest BCUT2D eigenvalue weighted by Crippen LogP contribution is 2.24. The van der Waals surface area contributed by atoms with Crippen molar-refractivity contribution in [3.8, 4) is 0 Å². The number of rotatable bonds is 8. The van der Waals surface area contributed by atoms with Gasteiger partial charge in [0.05, 0.1) is 6.61 Å². The van der Waals surface area contributed by atoms with Gasteiger partial charge in [-0.15, -0.1) is 0 Å². The van der Waals surface area contributed by atoms with Crippen LogP contribution in [0.5, 0.6) is 0 Å².